The molecule has 19 heavy (non-hydrogen) atoms. The SMILES string of the molecule is CC(C)(C)c1ccc(NC2CS(=O)(=O)CC2O)cc1. The van der Waals surface area contributed by atoms with Crippen LogP contribution in [0.15, 0.2) is 24.3 Å². The van der Waals surface area contributed by atoms with Gasteiger partial charge in [-0.15, -0.1) is 0 Å². The Morgan fingerprint density at radius 3 is 2.16 bits per heavy atom. The molecule has 1 aromatic carbocycles. The van der Waals surface area contributed by atoms with E-state index in [1.807, 2.05) is 24.3 Å². The average molecular weight is 283 g/mol. The molecule has 2 atom stereocenters. The number of hydrogen-bond donors (Lipinski definition) is 2. The fraction of sp³-hybridized carbons (Fsp3) is 0.571. The molecule has 5 heteroatoms. The number of nitrogens with one attached hydrogen (secondary N) is 1. The first-order valence-corrected chi connectivity index (χ1v) is 8.25. The maximum absolute atomic E-state index is 11.4. The molecule has 2 unspecified atom stereocenters. The fourth-order valence-electron chi connectivity index (χ4n) is 2.25. The van der Waals surface area contributed by atoms with Gasteiger partial charge in [-0.3, -0.25) is 0 Å². The van der Waals surface area contributed by atoms with Gasteiger partial charge in [0.05, 0.1) is 23.7 Å². The van der Waals surface area contributed by atoms with Crippen molar-refractivity contribution >= 4 is 15.5 Å². The molecule has 0 bridgehead atoms. The quantitative estimate of drug-likeness (QED) is 0.864. The minimum atomic E-state index is -3.11. The highest BCUT2D eigenvalue weighted by atomic mass is 32.2. The molecule has 106 valence electrons. The number of benzene rings is 1. The molecule has 2 N–H and O–H groups in total. The van der Waals surface area contributed by atoms with Crippen LogP contribution in [0.4, 0.5) is 5.69 Å². The van der Waals surface area contributed by atoms with Crippen LogP contribution < -0.4 is 5.32 Å². The summed E-state index contributed by atoms with van der Waals surface area (Å²) >= 11 is 0. The first-order valence-electron chi connectivity index (χ1n) is 6.43. The van der Waals surface area contributed by atoms with E-state index in [2.05, 4.69) is 26.1 Å². The Kier molecular flexibility index (Phi) is 3.62. The third-order valence-electron chi connectivity index (χ3n) is 3.43. The van der Waals surface area contributed by atoms with Crippen molar-refractivity contribution < 1.29 is 13.5 Å². The van der Waals surface area contributed by atoms with Crippen molar-refractivity contribution in [1.82, 2.24) is 0 Å². The number of aliphatic hydroxyl groups is 1. The smallest absolute Gasteiger partial charge is 0.155 e. The summed E-state index contributed by atoms with van der Waals surface area (Å²) in [7, 11) is -3.11. The second kappa shape index (κ2) is 4.80. The second-order valence-corrected chi connectivity index (χ2v) is 8.38. The van der Waals surface area contributed by atoms with E-state index < -0.39 is 22.0 Å². The number of rotatable bonds is 2. The molecule has 0 aliphatic carbocycles. The van der Waals surface area contributed by atoms with Gasteiger partial charge < -0.3 is 10.4 Å². The maximum atomic E-state index is 11.4. The Labute approximate surface area is 114 Å². The van der Waals surface area contributed by atoms with Gasteiger partial charge >= 0.3 is 0 Å². The first kappa shape index (κ1) is 14.3. The molecule has 0 radical (unpaired) electrons. The highest BCUT2D eigenvalue weighted by Gasteiger charge is 2.36. The molecule has 0 aromatic heterocycles. The standard InChI is InChI=1S/C14H21NO3S/c1-14(2,3)10-4-6-11(7-5-10)15-12-8-19(17,18)9-13(12)16/h4-7,12-13,15-16H,8-9H2,1-3H3. The Morgan fingerprint density at radius 2 is 1.74 bits per heavy atom. The van der Waals surface area contributed by atoms with E-state index in [1.54, 1.807) is 0 Å². The zero-order valence-corrected chi connectivity index (χ0v) is 12.4. The molecular formula is C14H21NO3S. The van der Waals surface area contributed by atoms with Crippen LogP contribution in [0.25, 0.3) is 0 Å². The van der Waals surface area contributed by atoms with Crippen molar-refractivity contribution in [2.45, 2.75) is 38.3 Å². The monoisotopic (exact) mass is 283 g/mol. The summed E-state index contributed by atoms with van der Waals surface area (Å²) in [6.07, 6.45) is -0.827. The summed E-state index contributed by atoms with van der Waals surface area (Å²) in [5.41, 5.74) is 2.15. The summed E-state index contributed by atoms with van der Waals surface area (Å²) in [4.78, 5) is 0. The van der Waals surface area contributed by atoms with Crippen LogP contribution in [0, 0.1) is 0 Å². The Balaban J connectivity index is 2.09. The molecule has 0 spiro atoms. The number of sulfone groups is 1. The third-order valence-corrected chi connectivity index (χ3v) is 5.14. The number of aliphatic hydroxyl groups excluding tert-OH is 1. The largest absolute Gasteiger partial charge is 0.390 e. The molecule has 1 heterocycles. The van der Waals surface area contributed by atoms with Gasteiger partial charge in [0.15, 0.2) is 9.84 Å². The van der Waals surface area contributed by atoms with Crippen molar-refractivity contribution in [2.75, 3.05) is 16.8 Å². The van der Waals surface area contributed by atoms with Crippen LogP contribution in [-0.4, -0.2) is 37.2 Å². The van der Waals surface area contributed by atoms with Crippen LogP contribution in [0.1, 0.15) is 26.3 Å². The van der Waals surface area contributed by atoms with Gasteiger partial charge in [-0.05, 0) is 23.1 Å². The predicted molar refractivity (Wildman–Crippen MR) is 77.2 cm³/mol. The van der Waals surface area contributed by atoms with Gasteiger partial charge in [0.1, 0.15) is 0 Å². The molecule has 4 nitrogen and oxygen atoms in total. The molecule has 1 aromatic rings. The topological polar surface area (TPSA) is 66.4 Å². The minimum absolute atomic E-state index is 0.00477. The van der Waals surface area contributed by atoms with Crippen LogP contribution in [-0.2, 0) is 15.3 Å². The lowest BCUT2D eigenvalue weighted by molar-refractivity contribution is 0.190. The summed E-state index contributed by atoms with van der Waals surface area (Å²) < 4.78 is 22.9. The maximum Gasteiger partial charge on any atom is 0.155 e. The normalized spacial score (nSPS) is 26.3. The summed E-state index contributed by atoms with van der Waals surface area (Å²) in [6.45, 7) is 6.42. The van der Waals surface area contributed by atoms with E-state index in [-0.39, 0.29) is 16.9 Å². The first-order chi connectivity index (χ1) is 8.67. The van der Waals surface area contributed by atoms with Crippen LogP contribution in [0.5, 0.6) is 0 Å². The van der Waals surface area contributed by atoms with Crippen molar-refractivity contribution in [2.24, 2.45) is 0 Å². The Morgan fingerprint density at radius 1 is 1.16 bits per heavy atom. The molecule has 1 fully saturated rings. The van der Waals surface area contributed by atoms with E-state index in [9.17, 15) is 13.5 Å². The lowest BCUT2D eigenvalue weighted by Crippen LogP contribution is -2.31. The van der Waals surface area contributed by atoms with Crippen LogP contribution in [0.2, 0.25) is 0 Å². The number of anilines is 1. The van der Waals surface area contributed by atoms with Crippen molar-refractivity contribution in [3.63, 3.8) is 0 Å². The van der Waals surface area contributed by atoms with Gasteiger partial charge in [-0.1, -0.05) is 32.9 Å². The molecule has 1 aliphatic rings. The summed E-state index contributed by atoms with van der Waals surface area (Å²) in [5.74, 6) is -0.153. The fourth-order valence-corrected chi connectivity index (χ4v) is 3.99. The molecule has 0 amide bonds. The highest BCUT2D eigenvalue weighted by molar-refractivity contribution is 7.91. The second-order valence-electron chi connectivity index (χ2n) is 6.22. The number of hydrogen-bond acceptors (Lipinski definition) is 4. The average Bonchev–Trinajstić information content (AvgIpc) is 2.51. The van der Waals surface area contributed by atoms with E-state index in [1.165, 1.54) is 5.56 Å². The Bertz CT molecular complexity index is 543. The van der Waals surface area contributed by atoms with E-state index in [0.717, 1.165) is 5.69 Å². The molecule has 1 saturated heterocycles. The molecule has 0 saturated carbocycles. The van der Waals surface area contributed by atoms with E-state index in [4.69, 9.17) is 0 Å². The van der Waals surface area contributed by atoms with Crippen LogP contribution >= 0.6 is 0 Å². The van der Waals surface area contributed by atoms with Gasteiger partial charge in [0.2, 0.25) is 0 Å². The van der Waals surface area contributed by atoms with Crippen LogP contribution in [0.3, 0.4) is 0 Å². The zero-order chi connectivity index (χ0) is 14.3. The highest BCUT2D eigenvalue weighted by Crippen LogP contribution is 2.24. The van der Waals surface area contributed by atoms with E-state index >= 15 is 0 Å². The lowest BCUT2D eigenvalue weighted by Gasteiger charge is -2.21. The Hall–Kier alpha value is -1.07. The zero-order valence-electron chi connectivity index (χ0n) is 11.6. The van der Waals surface area contributed by atoms with Gasteiger partial charge in [0.25, 0.3) is 0 Å². The van der Waals surface area contributed by atoms with Gasteiger partial charge in [0, 0.05) is 5.69 Å². The predicted octanol–water partition coefficient (Wildman–Crippen LogP) is 1.55. The van der Waals surface area contributed by atoms with E-state index in [0.29, 0.717) is 0 Å². The van der Waals surface area contributed by atoms with Crippen molar-refractivity contribution in [1.29, 1.82) is 0 Å². The van der Waals surface area contributed by atoms with Gasteiger partial charge in [-0.25, -0.2) is 8.42 Å². The third kappa shape index (κ3) is 3.48. The van der Waals surface area contributed by atoms with Gasteiger partial charge in [-0.2, -0.15) is 0 Å². The van der Waals surface area contributed by atoms with Crippen molar-refractivity contribution in [3.8, 4) is 0 Å². The van der Waals surface area contributed by atoms with Crippen molar-refractivity contribution in [3.05, 3.63) is 29.8 Å². The lowest BCUT2D eigenvalue weighted by atomic mass is 9.87. The summed E-state index contributed by atoms with van der Waals surface area (Å²) in [6, 6.07) is 7.50. The molecule has 1 aliphatic heterocycles. The minimum Gasteiger partial charge on any atom is -0.390 e. The molecular weight excluding hydrogens is 262 g/mol. The summed E-state index contributed by atoms with van der Waals surface area (Å²) in [5, 5.41) is 12.8. The molecule has 2 rings (SSSR count).